The first-order valence-electron chi connectivity index (χ1n) is 8.07. The molecule has 0 aromatic rings. The highest BCUT2D eigenvalue weighted by molar-refractivity contribution is 6.69. The SMILES string of the molecule is CCCO[Si](CCC)(OCCC)C1CCCCC1. The van der Waals surface area contributed by atoms with E-state index in [9.17, 15) is 0 Å². The summed E-state index contributed by atoms with van der Waals surface area (Å²) < 4.78 is 12.8. The Morgan fingerprint density at radius 2 is 1.39 bits per heavy atom. The molecule has 18 heavy (non-hydrogen) atoms. The van der Waals surface area contributed by atoms with Crippen LogP contribution in [0, 0.1) is 0 Å². The molecule has 0 saturated heterocycles. The summed E-state index contributed by atoms with van der Waals surface area (Å²) in [6.07, 6.45) is 10.3. The number of hydrogen-bond acceptors (Lipinski definition) is 2. The summed E-state index contributed by atoms with van der Waals surface area (Å²) >= 11 is 0. The minimum absolute atomic E-state index is 0.754. The standard InChI is InChI=1S/C15H32O2Si/c1-4-12-16-18(14-6-3,17-13-5-2)15-10-8-7-9-11-15/h15H,4-14H2,1-3H3. The smallest absolute Gasteiger partial charge is 0.341 e. The van der Waals surface area contributed by atoms with Gasteiger partial charge in [-0.25, -0.2) is 0 Å². The van der Waals surface area contributed by atoms with E-state index in [0.29, 0.717) is 0 Å². The molecule has 0 aromatic carbocycles. The molecule has 0 bridgehead atoms. The topological polar surface area (TPSA) is 18.5 Å². The lowest BCUT2D eigenvalue weighted by Gasteiger charge is -2.39. The lowest BCUT2D eigenvalue weighted by molar-refractivity contribution is 0.150. The highest BCUT2D eigenvalue weighted by Crippen LogP contribution is 2.41. The average molecular weight is 273 g/mol. The predicted molar refractivity (Wildman–Crippen MR) is 80.2 cm³/mol. The molecule has 0 N–H and O–H groups in total. The van der Waals surface area contributed by atoms with Crippen LogP contribution in [0.3, 0.4) is 0 Å². The average Bonchev–Trinajstić information content (AvgIpc) is 2.43. The van der Waals surface area contributed by atoms with Crippen LogP contribution in [0.5, 0.6) is 0 Å². The maximum atomic E-state index is 6.38. The Morgan fingerprint density at radius 3 is 1.83 bits per heavy atom. The summed E-state index contributed by atoms with van der Waals surface area (Å²) in [5.41, 5.74) is 0.754. The Labute approximate surface area is 115 Å². The van der Waals surface area contributed by atoms with Crippen LogP contribution in [0.1, 0.15) is 72.1 Å². The van der Waals surface area contributed by atoms with Crippen molar-refractivity contribution in [3.8, 4) is 0 Å². The molecule has 3 heteroatoms. The van der Waals surface area contributed by atoms with Gasteiger partial charge >= 0.3 is 8.56 Å². The molecule has 1 rings (SSSR count). The van der Waals surface area contributed by atoms with Crippen molar-refractivity contribution in [1.29, 1.82) is 0 Å². The van der Waals surface area contributed by atoms with Crippen LogP contribution in [0.4, 0.5) is 0 Å². The van der Waals surface area contributed by atoms with Gasteiger partial charge in [-0.15, -0.1) is 0 Å². The van der Waals surface area contributed by atoms with Gasteiger partial charge in [0.2, 0.25) is 0 Å². The fraction of sp³-hybridized carbons (Fsp3) is 1.00. The quantitative estimate of drug-likeness (QED) is 0.548. The Kier molecular flexibility index (Phi) is 8.19. The molecule has 0 atom stereocenters. The zero-order valence-electron chi connectivity index (χ0n) is 12.7. The normalized spacial score (nSPS) is 18.2. The van der Waals surface area contributed by atoms with Crippen LogP contribution >= 0.6 is 0 Å². The molecule has 0 radical (unpaired) electrons. The largest absolute Gasteiger partial charge is 0.394 e. The van der Waals surface area contributed by atoms with Gasteiger partial charge in [-0.1, -0.05) is 46.5 Å². The van der Waals surface area contributed by atoms with Gasteiger partial charge in [0.1, 0.15) is 0 Å². The van der Waals surface area contributed by atoms with E-state index in [1.807, 2.05) is 0 Å². The van der Waals surface area contributed by atoms with Gasteiger partial charge in [-0.3, -0.25) is 0 Å². The molecule has 0 heterocycles. The molecule has 0 amide bonds. The van der Waals surface area contributed by atoms with Gasteiger partial charge in [-0.05, 0) is 31.7 Å². The van der Waals surface area contributed by atoms with Gasteiger partial charge in [0.15, 0.2) is 0 Å². The van der Waals surface area contributed by atoms with E-state index in [0.717, 1.165) is 31.6 Å². The highest BCUT2D eigenvalue weighted by atomic mass is 28.4. The Balaban J connectivity index is 2.71. The second kappa shape index (κ2) is 9.11. The van der Waals surface area contributed by atoms with Crippen LogP contribution in [0.2, 0.25) is 11.6 Å². The van der Waals surface area contributed by atoms with Crippen molar-refractivity contribution in [3.05, 3.63) is 0 Å². The lowest BCUT2D eigenvalue weighted by Crippen LogP contribution is -2.48. The van der Waals surface area contributed by atoms with E-state index < -0.39 is 8.56 Å². The predicted octanol–water partition coefficient (Wildman–Crippen LogP) is 5.03. The summed E-state index contributed by atoms with van der Waals surface area (Å²) in [5, 5.41) is 0. The first-order valence-corrected chi connectivity index (χ1v) is 10.2. The summed E-state index contributed by atoms with van der Waals surface area (Å²) in [7, 11) is -1.94. The van der Waals surface area contributed by atoms with E-state index in [-0.39, 0.29) is 0 Å². The van der Waals surface area contributed by atoms with Crippen LogP contribution in [0.25, 0.3) is 0 Å². The van der Waals surface area contributed by atoms with Crippen molar-refractivity contribution in [3.63, 3.8) is 0 Å². The highest BCUT2D eigenvalue weighted by Gasteiger charge is 2.45. The van der Waals surface area contributed by atoms with Gasteiger partial charge < -0.3 is 8.85 Å². The third-order valence-corrected chi connectivity index (χ3v) is 8.33. The number of hydrogen-bond donors (Lipinski definition) is 0. The molecule has 0 aliphatic heterocycles. The molecular formula is C15H32O2Si. The Morgan fingerprint density at radius 1 is 0.833 bits per heavy atom. The molecule has 1 aliphatic carbocycles. The molecule has 1 fully saturated rings. The Bertz CT molecular complexity index is 195. The van der Waals surface area contributed by atoms with Crippen molar-refractivity contribution in [2.75, 3.05) is 13.2 Å². The van der Waals surface area contributed by atoms with Crippen molar-refractivity contribution in [2.24, 2.45) is 0 Å². The maximum Gasteiger partial charge on any atom is 0.341 e. The van der Waals surface area contributed by atoms with E-state index in [2.05, 4.69) is 20.8 Å². The summed E-state index contributed by atoms with van der Waals surface area (Å²) in [6.45, 7) is 8.46. The first-order chi connectivity index (χ1) is 8.79. The lowest BCUT2D eigenvalue weighted by atomic mass is 10.0. The molecule has 2 nitrogen and oxygen atoms in total. The van der Waals surface area contributed by atoms with E-state index >= 15 is 0 Å². The second-order valence-corrected chi connectivity index (χ2v) is 9.11. The summed E-state index contributed by atoms with van der Waals surface area (Å²) in [5.74, 6) is 0. The summed E-state index contributed by atoms with van der Waals surface area (Å²) in [6, 6.07) is 1.19. The second-order valence-electron chi connectivity index (χ2n) is 5.59. The van der Waals surface area contributed by atoms with Crippen molar-refractivity contribution in [2.45, 2.75) is 83.7 Å². The van der Waals surface area contributed by atoms with E-state index in [4.69, 9.17) is 8.85 Å². The van der Waals surface area contributed by atoms with Gasteiger partial charge in [-0.2, -0.15) is 0 Å². The van der Waals surface area contributed by atoms with Crippen LogP contribution < -0.4 is 0 Å². The zero-order chi connectivity index (χ0) is 13.3. The molecule has 1 aliphatic rings. The monoisotopic (exact) mass is 272 g/mol. The zero-order valence-corrected chi connectivity index (χ0v) is 13.7. The molecule has 1 saturated carbocycles. The molecule has 0 unspecified atom stereocenters. The van der Waals surface area contributed by atoms with Gasteiger partial charge in [0, 0.05) is 18.8 Å². The van der Waals surface area contributed by atoms with Crippen LogP contribution in [-0.2, 0) is 8.85 Å². The van der Waals surface area contributed by atoms with Crippen LogP contribution in [-0.4, -0.2) is 21.8 Å². The molecular weight excluding hydrogens is 240 g/mol. The van der Waals surface area contributed by atoms with Crippen molar-refractivity contribution < 1.29 is 8.85 Å². The summed E-state index contributed by atoms with van der Waals surface area (Å²) in [4.78, 5) is 0. The van der Waals surface area contributed by atoms with E-state index in [1.54, 1.807) is 0 Å². The van der Waals surface area contributed by atoms with Crippen molar-refractivity contribution >= 4 is 8.56 Å². The third-order valence-electron chi connectivity index (χ3n) is 3.93. The van der Waals surface area contributed by atoms with Gasteiger partial charge in [0.25, 0.3) is 0 Å². The molecule has 0 aromatic heterocycles. The van der Waals surface area contributed by atoms with Crippen LogP contribution in [0.15, 0.2) is 0 Å². The first kappa shape index (κ1) is 16.2. The molecule has 108 valence electrons. The fourth-order valence-corrected chi connectivity index (χ4v) is 7.40. The third kappa shape index (κ3) is 4.67. The molecule has 0 spiro atoms. The Hall–Kier alpha value is 0.137. The van der Waals surface area contributed by atoms with Gasteiger partial charge in [0.05, 0.1) is 0 Å². The van der Waals surface area contributed by atoms with E-state index in [1.165, 1.54) is 44.6 Å². The minimum Gasteiger partial charge on any atom is -0.394 e. The minimum atomic E-state index is -1.94. The fourth-order valence-electron chi connectivity index (χ4n) is 3.07. The maximum absolute atomic E-state index is 6.38. The van der Waals surface area contributed by atoms with Crippen molar-refractivity contribution in [1.82, 2.24) is 0 Å². The number of rotatable bonds is 9.